The van der Waals surface area contributed by atoms with Crippen LogP contribution in [0.4, 0.5) is 0 Å². The minimum atomic E-state index is 0.0930. The Morgan fingerprint density at radius 2 is 2.37 bits per heavy atom. The normalized spacial score (nSPS) is 19.7. The summed E-state index contributed by atoms with van der Waals surface area (Å²) in [6, 6.07) is 1.76. The van der Waals surface area contributed by atoms with E-state index >= 15 is 0 Å². The van der Waals surface area contributed by atoms with Crippen molar-refractivity contribution in [3.63, 3.8) is 0 Å². The summed E-state index contributed by atoms with van der Waals surface area (Å²) in [5.41, 5.74) is 6.31. The lowest BCUT2D eigenvalue weighted by Gasteiger charge is -2.32. The average molecular weight is 284 g/mol. The fraction of sp³-hybridized carbons (Fsp3) is 0.643. The summed E-state index contributed by atoms with van der Waals surface area (Å²) in [4.78, 5) is 14.5. The summed E-state index contributed by atoms with van der Waals surface area (Å²) in [7, 11) is 0. The predicted octanol–water partition coefficient (Wildman–Crippen LogP) is 2.36. The Kier molecular flexibility index (Phi) is 4.88. The molecule has 0 aromatic carbocycles. The maximum Gasteiger partial charge on any atom is 0.270 e. The monoisotopic (exact) mass is 283 g/mol. The highest BCUT2D eigenvalue weighted by Crippen LogP contribution is 2.22. The molecule has 1 aliphatic rings. The molecule has 1 saturated heterocycles. The van der Waals surface area contributed by atoms with Gasteiger partial charge in [0.1, 0.15) is 5.69 Å². The number of hydrogen-bond acceptors (Lipinski definition) is 2. The van der Waals surface area contributed by atoms with Crippen molar-refractivity contribution in [1.29, 1.82) is 0 Å². The van der Waals surface area contributed by atoms with Gasteiger partial charge in [0.05, 0.1) is 5.02 Å². The Hall–Kier alpha value is -1.00. The van der Waals surface area contributed by atoms with Crippen LogP contribution in [0.25, 0.3) is 0 Å². The van der Waals surface area contributed by atoms with Gasteiger partial charge in [-0.2, -0.15) is 0 Å². The number of rotatable bonds is 4. The van der Waals surface area contributed by atoms with E-state index in [-0.39, 0.29) is 5.91 Å². The molecule has 1 aromatic rings. The van der Waals surface area contributed by atoms with Crippen LogP contribution in [-0.2, 0) is 6.54 Å². The van der Waals surface area contributed by atoms with E-state index < -0.39 is 0 Å². The van der Waals surface area contributed by atoms with Crippen LogP contribution in [0.15, 0.2) is 12.3 Å². The van der Waals surface area contributed by atoms with Crippen molar-refractivity contribution < 1.29 is 4.79 Å². The molecule has 5 heteroatoms. The Bertz CT molecular complexity index is 442. The molecule has 0 aliphatic carbocycles. The number of nitrogens with zero attached hydrogens (tertiary/aromatic N) is 2. The Labute approximate surface area is 119 Å². The maximum absolute atomic E-state index is 12.6. The first-order valence-corrected chi connectivity index (χ1v) is 7.38. The molecule has 1 aliphatic heterocycles. The van der Waals surface area contributed by atoms with Crippen LogP contribution in [0.5, 0.6) is 0 Å². The summed E-state index contributed by atoms with van der Waals surface area (Å²) >= 11 is 6.00. The van der Waals surface area contributed by atoms with Crippen molar-refractivity contribution in [3.05, 3.63) is 23.0 Å². The molecule has 0 saturated carbocycles. The highest BCUT2D eigenvalue weighted by atomic mass is 35.5. The van der Waals surface area contributed by atoms with E-state index in [9.17, 15) is 4.79 Å². The lowest BCUT2D eigenvalue weighted by Crippen LogP contribution is -2.41. The van der Waals surface area contributed by atoms with Crippen LogP contribution in [0.2, 0.25) is 5.02 Å². The van der Waals surface area contributed by atoms with Crippen LogP contribution in [-0.4, -0.2) is 35.0 Å². The molecule has 2 heterocycles. The van der Waals surface area contributed by atoms with E-state index in [0.29, 0.717) is 23.2 Å². The molecule has 1 amide bonds. The highest BCUT2D eigenvalue weighted by molar-refractivity contribution is 6.31. The lowest BCUT2D eigenvalue weighted by atomic mass is 9.94. The maximum atomic E-state index is 12.6. The number of aryl methyl sites for hydroxylation is 1. The van der Waals surface area contributed by atoms with Crippen LogP contribution < -0.4 is 5.73 Å². The van der Waals surface area contributed by atoms with E-state index in [1.165, 1.54) is 6.42 Å². The molecule has 19 heavy (non-hydrogen) atoms. The van der Waals surface area contributed by atoms with Gasteiger partial charge in [0, 0.05) is 25.8 Å². The first kappa shape index (κ1) is 14.4. The van der Waals surface area contributed by atoms with Crippen LogP contribution in [0.3, 0.4) is 0 Å². The molecule has 1 fully saturated rings. The molecular weight excluding hydrogens is 262 g/mol. The summed E-state index contributed by atoms with van der Waals surface area (Å²) in [6.45, 7) is 5.13. The van der Waals surface area contributed by atoms with Gasteiger partial charge in [-0.1, -0.05) is 11.6 Å². The van der Waals surface area contributed by atoms with Gasteiger partial charge in [-0.25, -0.2) is 0 Å². The number of nitrogens with two attached hydrogens (primary N) is 1. The fourth-order valence-corrected chi connectivity index (χ4v) is 3.02. The van der Waals surface area contributed by atoms with Crippen LogP contribution >= 0.6 is 11.6 Å². The van der Waals surface area contributed by atoms with E-state index in [1.807, 2.05) is 22.6 Å². The molecule has 1 atom stereocenters. The number of aromatic nitrogens is 1. The number of piperidine rings is 1. The first-order chi connectivity index (χ1) is 9.15. The second-order valence-corrected chi connectivity index (χ2v) is 5.60. The van der Waals surface area contributed by atoms with Crippen LogP contribution in [0.1, 0.15) is 36.7 Å². The van der Waals surface area contributed by atoms with E-state index in [1.54, 1.807) is 6.07 Å². The molecule has 1 aromatic heterocycles. The molecular formula is C14H22ClN3O. The second-order valence-electron chi connectivity index (χ2n) is 5.17. The summed E-state index contributed by atoms with van der Waals surface area (Å²) in [6.07, 6.45) is 5.06. The quantitative estimate of drug-likeness (QED) is 0.922. The zero-order valence-electron chi connectivity index (χ0n) is 11.4. The average Bonchev–Trinajstić information content (AvgIpc) is 2.80. The van der Waals surface area contributed by atoms with Gasteiger partial charge < -0.3 is 15.2 Å². The third-order valence-corrected chi connectivity index (χ3v) is 4.01. The Balaban J connectivity index is 2.10. The molecule has 1 unspecified atom stereocenters. The summed E-state index contributed by atoms with van der Waals surface area (Å²) < 4.78 is 1.91. The van der Waals surface area contributed by atoms with Gasteiger partial charge >= 0.3 is 0 Å². The zero-order chi connectivity index (χ0) is 13.8. The minimum Gasteiger partial charge on any atom is -0.342 e. The molecule has 0 radical (unpaired) electrons. The van der Waals surface area contributed by atoms with Gasteiger partial charge in [0.15, 0.2) is 0 Å². The number of amides is 1. The second kappa shape index (κ2) is 6.44. The van der Waals surface area contributed by atoms with Crippen molar-refractivity contribution in [3.8, 4) is 0 Å². The number of hydrogen-bond donors (Lipinski definition) is 1. The standard InChI is InChI=1S/C14H22ClN3O/c1-2-17-10-12(15)8-13(17)14(19)18-7-3-4-11(9-18)5-6-16/h8,10-11H,2-7,9,16H2,1H3. The van der Waals surface area contributed by atoms with Gasteiger partial charge in [-0.05, 0) is 44.7 Å². The molecule has 106 valence electrons. The fourth-order valence-electron chi connectivity index (χ4n) is 2.80. The number of carbonyl (C=O) groups is 1. The Morgan fingerprint density at radius 1 is 1.58 bits per heavy atom. The smallest absolute Gasteiger partial charge is 0.270 e. The van der Waals surface area contributed by atoms with Crippen LogP contribution in [0, 0.1) is 5.92 Å². The third kappa shape index (κ3) is 3.31. The summed E-state index contributed by atoms with van der Waals surface area (Å²) in [5, 5.41) is 0.626. The predicted molar refractivity (Wildman–Crippen MR) is 77.4 cm³/mol. The molecule has 4 nitrogen and oxygen atoms in total. The third-order valence-electron chi connectivity index (χ3n) is 3.80. The molecule has 0 bridgehead atoms. The molecule has 0 spiro atoms. The van der Waals surface area contributed by atoms with Crippen molar-refractivity contribution in [2.24, 2.45) is 11.7 Å². The minimum absolute atomic E-state index is 0.0930. The largest absolute Gasteiger partial charge is 0.342 e. The van der Waals surface area contributed by atoms with Gasteiger partial charge in [0.2, 0.25) is 0 Å². The number of likely N-dealkylation sites (tertiary alicyclic amines) is 1. The van der Waals surface area contributed by atoms with Crippen molar-refractivity contribution >= 4 is 17.5 Å². The van der Waals surface area contributed by atoms with Gasteiger partial charge in [0.25, 0.3) is 5.91 Å². The van der Waals surface area contributed by atoms with Crippen molar-refractivity contribution in [2.45, 2.75) is 32.7 Å². The zero-order valence-corrected chi connectivity index (χ0v) is 12.2. The van der Waals surface area contributed by atoms with Crippen molar-refractivity contribution in [1.82, 2.24) is 9.47 Å². The van der Waals surface area contributed by atoms with E-state index in [0.717, 1.165) is 32.5 Å². The first-order valence-electron chi connectivity index (χ1n) is 7.00. The highest BCUT2D eigenvalue weighted by Gasteiger charge is 2.25. The van der Waals surface area contributed by atoms with E-state index in [2.05, 4.69) is 0 Å². The van der Waals surface area contributed by atoms with Gasteiger partial charge in [-0.3, -0.25) is 4.79 Å². The van der Waals surface area contributed by atoms with Gasteiger partial charge in [-0.15, -0.1) is 0 Å². The van der Waals surface area contributed by atoms with Crippen molar-refractivity contribution in [2.75, 3.05) is 19.6 Å². The van der Waals surface area contributed by atoms with E-state index in [4.69, 9.17) is 17.3 Å². The number of halogens is 1. The molecule has 2 rings (SSSR count). The Morgan fingerprint density at radius 3 is 3.05 bits per heavy atom. The lowest BCUT2D eigenvalue weighted by molar-refractivity contribution is 0.0658. The molecule has 2 N–H and O–H groups in total. The number of carbonyl (C=O) groups excluding carboxylic acids is 1. The topological polar surface area (TPSA) is 51.3 Å². The SMILES string of the molecule is CCn1cc(Cl)cc1C(=O)N1CCCC(CCN)C1. The summed E-state index contributed by atoms with van der Waals surface area (Å²) in [5.74, 6) is 0.638.